The summed E-state index contributed by atoms with van der Waals surface area (Å²) in [6.07, 6.45) is -2.30. The summed E-state index contributed by atoms with van der Waals surface area (Å²) in [5.41, 5.74) is 3.32. The molecule has 0 unspecified atom stereocenters. The summed E-state index contributed by atoms with van der Waals surface area (Å²) in [4.78, 5) is 0. The summed E-state index contributed by atoms with van der Waals surface area (Å²) >= 11 is 1.59. The van der Waals surface area contributed by atoms with Crippen LogP contribution in [-0.2, 0) is 6.54 Å². The molecule has 1 N–H and O–H groups in total. The number of rotatable bonds is 5. The van der Waals surface area contributed by atoms with Gasteiger partial charge in [-0.2, -0.15) is 11.3 Å². The Morgan fingerprint density at radius 3 is 2.59 bits per heavy atom. The van der Waals surface area contributed by atoms with Crippen molar-refractivity contribution in [3.8, 4) is 11.1 Å². The highest BCUT2D eigenvalue weighted by molar-refractivity contribution is 7.08. The third kappa shape index (κ3) is 3.35. The largest absolute Gasteiger partial charge is 0.307 e. The maximum Gasteiger partial charge on any atom is 0.250 e. The van der Waals surface area contributed by atoms with E-state index in [2.05, 4.69) is 10.7 Å². The molecule has 0 spiro atoms. The van der Waals surface area contributed by atoms with Crippen LogP contribution in [0.1, 0.15) is 5.56 Å². The number of hydrogen-bond donors (Lipinski definition) is 1. The van der Waals surface area contributed by atoms with Crippen LogP contribution in [0.15, 0.2) is 41.1 Å². The summed E-state index contributed by atoms with van der Waals surface area (Å²) < 4.78 is 24.1. The predicted molar refractivity (Wildman–Crippen MR) is 67.5 cm³/mol. The topological polar surface area (TPSA) is 12.0 Å². The van der Waals surface area contributed by atoms with Gasteiger partial charge in [-0.25, -0.2) is 8.78 Å². The van der Waals surface area contributed by atoms with Crippen molar-refractivity contribution in [2.75, 3.05) is 6.54 Å². The van der Waals surface area contributed by atoms with Gasteiger partial charge in [0.05, 0.1) is 6.54 Å². The van der Waals surface area contributed by atoms with Crippen LogP contribution >= 0.6 is 11.3 Å². The second-order valence-electron chi connectivity index (χ2n) is 3.70. The van der Waals surface area contributed by atoms with Gasteiger partial charge in [0.15, 0.2) is 0 Å². The Balaban J connectivity index is 2.07. The molecule has 1 heterocycles. The number of hydrogen-bond acceptors (Lipinski definition) is 2. The summed E-state index contributed by atoms with van der Waals surface area (Å²) in [6.45, 7) is 0.224. The molecule has 1 aromatic carbocycles. The smallest absolute Gasteiger partial charge is 0.250 e. The molecule has 0 saturated carbocycles. The quantitative estimate of drug-likeness (QED) is 0.855. The summed E-state index contributed by atoms with van der Waals surface area (Å²) in [5.74, 6) is 0. The molecule has 0 radical (unpaired) electrons. The number of benzene rings is 1. The Labute approximate surface area is 103 Å². The summed E-state index contributed by atoms with van der Waals surface area (Å²) in [5, 5.41) is 6.81. The van der Waals surface area contributed by atoms with Gasteiger partial charge in [0.2, 0.25) is 0 Å². The second kappa shape index (κ2) is 5.89. The molecule has 0 bridgehead atoms. The number of halogens is 2. The van der Waals surface area contributed by atoms with Gasteiger partial charge in [-0.3, -0.25) is 0 Å². The first-order valence-electron chi connectivity index (χ1n) is 5.36. The maximum absolute atomic E-state index is 12.0. The zero-order valence-corrected chi connectivity index (χ0v) is 10.0. The highest BCUT2D eigenvalue weighted by Gasteiger charge is 2.07. The molecule has 0 aliphatic heterocycles. The molecular weight excluding hydrogens is 240 g/mol. The number of nitrogens with one attached hydrogen (secondary N) is 1. The zero-order chi connectivity index (χ0) is 12.1. The van der Waals surface area contributed by atoms with E-state index < -0.39 is 6.43 Å². The van der Waals surface area contributed by atoms with Crippen molar-refractivity contribution in [2.24, 2.45) is 0 Å². The average Bonchev–Trinajstić information content (AvgIpc) is 2.78. The second-order valence-corrected chi connectivity index (χ2v) is 4.44. The molecule has 0 fully saturated rings. The van der Waals surface area contributed by atoms with Gasteiger partial charge >= 0.3 is 0 Å². The molecule has 2 aromatic rings. The van der Waals surface area contributed by atoms with Crippen molar-refractivity contribution in [1.82, 2.24) is 5.32 Å². The molecule has 2 rings (SSSR count). The molecule has 0 aliphatic rings. The van der Waals surface area contributed by atoms with E-state index in [1.54, 1.807) is 11.3 Å². The maximum atomic E-state index is 12.0. The molecule has 0 amide bonds. The SMILES string of the molecule is FC(F)CNCc1cscc1-c1ccccc1. The first-order valence-corrected chi connectivity index (χ1v) is 6.31. The van der Waals surface area contributed by atoms with Gasteiger partial charge in [-0.15, -0.1) is 0 Å². The normalized spacial score (nSPS) is 11.0. The van der Waals surface area contributed by atoms with Crippen LogP contribution in [0.3, 0.4) is 0 Å². The van der Waals surface area contributed by atoms with Crippen molar-refractivity contribution in [3.63, 3.8) is 0 Å². The van der Waals surface area contributed by atoms with E-state index in [-0.39, 0.29) is 6.54 Å². The van der Waals surface area contributed by atoms with Crippen LogP contribution in [-0.4, -0.2) is 13.0 Å². The van der Waals surface area contributed by atoms with Crippen LogP contribution in [0, 0.1) is 0 Å². The van der Waals surface area contributed by atoms with Crippen molar-refractivity contribution in [1.29, 1.82) is 0 Å². The minimum Gasteiger partial charge on any atom is -0.307 e. The van der Waals surface area contributed by atoms with Crippen molar-refractivity contribution in [3.05, 3.63) is 46.7 Å². The van der Waals surface area contributed by atoms with Gasteiger partial charge in [-0.1, -0.05) is 30.3 Å². The standard InChI is InChI=1S/C13H13F2NS/c14-13(15)7-16-6-11-8-17-9-12(11)10-4-2-1-3-5-10/h1-5,8-9,13,16H,6-7H2. The van der Waals surface area contributed by atoms with Crippen molar-refractivity contribution < 1.29 is 8.78 Å². The van der Waals surface area contributed by atoms with Crippen molar-refractivity contribution >= 4 is 11.3 Å². The summed E-state index contributed by atoms with van der Waals surface area (Å²) in [7, 11) is 0. The van der Waals surface area contributed by atoms with E-state index in [9.17, 15) is 8.78 Å². The van der Waals surface area contributed by atoms with Crippen LogP contribution in [0.2, 0.25) is 0 Å². The molecule has 0 atom stereocenters. The monoisotopic (exact) mass is 253 g/mol. The van der Waals surface area contributed by atoms with Gasteiger partial charge in [0.1, 0.15) is 0 Å². The van der Waals surface area contributed by atoms with E-state index in [0.29, 0.717) is 6.54 Å². The van der Waals surface area contributed by atoms with E-state index >= 15 is 0 Å². The average molecular weight is 253 g/mol. The van der Waals surface area contributed by atoms with Gasteiger partial charge in [0, 0.05) is 6.54 Å². The number of thiophene rings is 1. The number of alkyl halides is 2. The minimum atomic E-state index is -2.30. The molecule has 0 aliphatic carbocycles. The first kappa shape index (κ1) is 12.2. The van der Waals surface area contributed by atoms with Crippen molar-refractivity contribution in [2.45, 2.75) is 13.0 Å². The van der Waals surface area contributed by atoms with Crippen LogP contribution in [0.4, 0.5) is 8.78 Å². The molecule has 1 aromatic heterocycles. The van der Waals surface area contributed by atoms with Crippen LogP contribution in [0.25, 0.3) is 11.1 Å². The fourth-order valence-electron chi connectivity index (χ4n) is 1.65. The summed E-state index contributed by atoms with van der Waals surface area (Å²) in [6, 6.07) is 9.97. The highest BCUT2D eigenvalue weighted by atomic mass is 32.1. The Morgan fingerprint density at radius 2 is 1.88 bits per heavy atom. The first-order chi connectivity index (χ1) is 8.27. The lowest BCUT2D eigenvalue weighted by molar-refractivity contribution is 0.145. The third-order valence-electron chi connectivity index (χ3n) is 2.44. The molecular formula is C13H13F2NS. The Kier molecular flexibility index (Phi) is 4.23. The van der Waals surface area contributed by atoms with E-state index in [0.717, 1.165) is 16.7 Å². The Hall–Kier alpha value is -1.26. The molecule has 1 nitrogen and oxygen atoms in total. The Morgan fingerprint density at radius 1 is 1.12 bits per heavy atom. The fourth-order valence-corrected chi connectivity index (χ4v) is 2.51. The lowest BCUT2D eigenvalue weighted by Crippen LogP contribution is -2.20. The molecule has 0 saturated heterocycles. The highest BCUT2D eigenvalue weighted by Crippen LogP contribution is 2.27. The fraction of sp³-hybridized carbons (Fsp3) is 0.231. The molecule has 17 heavy (non-hydrogen) atoms. The lowest BCUT2D eigenvalue weighted by Gasteiger charge is -2.06. The van der Waals surface area contributed by atoms with Gasteiger partial charge in [-0.05, 0) is 27.5 Å². The van der Waals surface area contributed by atoms with E-state index in [1.165, 1.54) is 0 Å². The third-order valence-corrected chi connectivity index (χ3v) is 3.23. The molecule has 90 valence electrons. The van der Waals surface area contributed by atoms with Crippen LogP contribution in [0.5, 0.6) is 0 Å². The predicted octanol–water partition coefficient (Wildman–Crippen LogP) is 3.77. The lowest BCUT2D eigenvalue weighted by atomic mass is 10.1. The minimum absolute atomic E-state index is 0.260. The van der Waals surface area contributed by atoms with Crippen LogP contribution < -0.4 is 5.32 Å². The Bertz CT molecular complexity index is 453. The van der Waals surface area contributed by atoms with Gasteiger partial charge < -0.3 is 5.32 Å². The van der Waals surface area contributed by atoms with Gasteiger partial charge in [0.25, 0.3) is 6.43 Å². The van der Waals surface area contributed by atoms with E-state index in [4.69, 9.17) is 0 Å². The zero-order valence-electron chi connectivity index (χ0n) is 9.20. The van der Waals surface area contributed by atoms with E-state index in [1.807, 2.05) is 35.7 Å². The molecule has 4 heteroatoms.